The SMILES string of the molecule is CCOc1ccccc1Nc1ccc(C(=O)Nc2ccc(C(C)C)cc2)nc1. The first-order chi connectivity index (χ1) is 13.6. The summed E-state index contributed by atoms with van der Waals surface area (Å²) in [5, 5.41) is 6.15. The maximum Gasteiger partial charge on any atom is 0.274 e. The molecule has 0 aliphatic carbocycles. The Hall–Kier alpha value is -3.34. The fraction of sp³-hybridized carbons (Fsp3) is 0.217. The van der Waals surface area contributed by atoms with Crippen LogP contribution in [0.1, 0.15) is 42.7 Å². The molecule has 0 bridgehead atoms. The van der Waals surface area contributed by atoms with E-state index in [2.05, 4.69) is 29.5 Å². The summed E-state index contributed by atoms with van der Waals surface area (Å²) < 4.78 is 5.61. The summed E-state index contributed by atoms with van der Waals surface area (Å²) in [6.45, 7) is 6.82. The minimum Gasteiger partial charge on any atom is -0.492 e. The Bertz CT molecular complexity index is 919. The van der Waals surface area contributed by atoms with Gasteiger partial charge in [0, 0.05) is 5.69 Å². The monoisotopic (exact) mass is 375 g/mol. The van der Waals surface area contributed by atoms with Crippen LogP contribution in [0.15, 0.2) is 66.9 Å². The molecular weight excluding hydrogens is 350 g/mol. The fourth-order valence-corrected chi connectivity index (χ4v) is 2.76. The number of amides is 1. The number of carbonyl (C=O) groups excluding carboxylic acids is 1. The van der Waals surface area contributed by atoms with E-state index in [0.717, 1.165) is 22.8 Å². The van der Waals surface area contributed by atoms with Gasteiger partial charge in [-0.05, 0) is 54.8 Å². The van der Waals surface area contributed by atoms with Crippen molar-refractivity contribution in [3.8, 4) is 5.75 Å². The largest absolute Gasteiger partial charge is 0.492 e. The zero-order valence-corrected chi connectivity index (χ0v) is 16.4. The minimum absolute atomic E-state index is 0.237. The third kappa shape index (κ3) is 4.88. The Morgan fingerprint density at radius 3 is 2.36 bits per heavy atom. The van der Waals surface area contributed by atoms with Crippen molar-refractivity contribution >= 4 is 23.0 Å². The molecule has 0 aliphatic rings. The lowest BCUT2D eigenvalue weighted by Crippen LogP contribution is -2.13. The minimum atomic E-state index is -0.237. The Balaban J connectivity index is 1.66. The van der Waals surface area contributed by atoms with Gasteiger partial charge >= 0.3 is 0 Å². The molecule has 0 aliphatic heterocycles. The highest BCUT2D eigenvalue weighted by molar-refractivity contribution is 6.03. The van der Waals surface area contributed by atoms with Crippen LogP contribution in [0.5, 0.6) is 5.75 Å². The molecule has 28 heavy (non-hydrogen) atoms. The van der Waals surface area contributed by atoms with Crippen LogP contribution in [0.2, 0.25) is 0 Å². The highest BCUT2D eigenvalue weighted by Gasteiger charge is 2.09. The molecule has 5 heteroatoms. The summed E-state index contributed by atoms with van der Waals surface area (Å²) in [7, 11) is 0. The predicted octanol–water partition coefficient (Wildman–Crippen LogP) is 5.60. The molecule has 144 valence electrons. The van der Waals surface area contributed by atoms with Gasteiger partial charge in [0.2, 0.25) is 0 Å². The van der Waals surface area contributed by atoms with E-state index < -0.39 is 0 Å². The molecule has 1 heterocycles. The summed E-state index contributed by atoms with van der Waals surface area (Å²) in [5.41, 5.74) is 3.98. The van der Waals surface area contributed by atoms with Gasteiger partial charge in [-0.15, -0.1) is 0 Å². The molecule has 0 radical (unpaired) electrons. The van der Waals surface area contributed by atoms with Gasteiger partial charge in [-0.3, -0.25) is 4.79 Å². The lowest BCUT2D eigenvalue weighted by Gasteiger charge is -2.12. The van der Waals surface area contributed by atoms with Gasteiger partial charge in [0.1, 0.15) is 11.4 Å². The van der Waals surface area contributed by atoms with E-state index in [1.54, 1.807) is 12.3 Å². The van der Waals surface area contributed by atoms with E-state index in [9.17, 15) is 4.79 Å². The van der Waals surface area contributed by atoms with Crippen LogP contribution in [0.3, 0.4) is 0 Å². The second kappa shape index (κ2) is 9.04. The second-order valence-electron chi connectivity index (χ2n) is 6.72. The van der Waals surface area contributed by atoms with Crippen LogP contribution < -0.4 is 15.4 Å². The van der Waals surface area contributed by atoms with E-state index >= 15 is 0 Å². The lowest BCUT2D eigenvalue weighted by molar-refractivity contribution is 0.102. The molecule has 0 spiro atoms. The normalized spacial score (nSPS) is 10.6. The predicted molar refractivity (Wildman–Crippen MR) is 114 cm³/mol. The Kier molecular flexibility index (Phi) is 6.27. The molecule has 0 fully saturated rings. The van der Waals surface area contributed by atoms with Gasteiger partial charge in [0.15, 0.2) is 0 Å². The van der Waals surface area contributed by atoms with Crippen LogP contribution in [-0.4, -0.2) is 17.5 Å². The summed E-state index contributed by atoms with van der Waals surface area (Å²) in [6.07, 6.45) is 1.64. The van der Waals surface area contributed by atoms with Crippen molar-refractivity contribution in [1.29, 1.82) is 0 Å². The third-order valence-electron chi connectivity index (χ3n) is 4.30. The smallest absolute Gasteiger partial charge is 0.274 e. The van der Waals surface area contributed by atoms with Crippen LogP contribution in [0.4, 0.5) is 17.1 Å². The van der Waals surface area contributed by atoms with Gasteiger partial charge in [0.25, 0.3) is 5.91 Å². The van der Waals surface area contributed by atoms with E-state index in [1.807, 2.05) is 61.5 Å². The number of hydrogen-bond acceptors (Lipinski definition) is 4. The van der Waals surface area contributed by atoms with Crippen molar-refractivity contribution in [2.45, 2.75) is 26.7 Å². The average Bonchev–Trinajstić information content (AvgIpc) is 2.70. The van der Waals surface area contributed by atoms with Gasteiger partial charge in [-0.2, -0.15) is 0 Å². The van der Waals surface area contributed by atoms with Gasteiger partial charge in [0.05, 0.1) is 24.2 Å². The van der Waals surface area contributed by atoms with Crippen molar-refractivity contribution in [3.05, 3.63) is 78.1 Å². The van der Waals surface area contributed by atoms with Crippen LogP contribution in [0, 0.1) is 0 Å². The number of rotatable bonds is 7. The number of hydrogen-bond donors (Lipinski definition) is 2. The van der Waals surface area contributed by atoms with Crippen molar-refractivity contribution in [3.63, 3.8) is 0 Å². The lowest BCUT2D eigenvalue weighted by atomic mass is 10.0. The number of pyridine rings is 1. The molecular formula is C23H25N3O2. The number of anilines is 3. The summed E-state index contributed by atoms with van der Waals surface area (Å²) in [5.74, 6) is 0.995. The summed E-state index contributed by atoms with van der Waals surface area (Å²) >= 11 is 0. The zero-order valence-electron chi connectivity index (χ0n) is 16.4. The number of nitrogens with zero attached hydrogens (tertiary/aromatic N) is 1. The average molecular weight is 375 g/mol. The molecule has 0 saturated heterocycles. The molecule has 0 saturated carbocycles. The van der Waals surface area contributed by atoms with E-state index in [4.69, 9.17) is 4.74 Å². The van der Waals surface area contributed by atoms with Gasteiger partial charge in [-0.25, -0.2) is 4.98 Å². The molecule has 2 N–H and O–H groups in total. The van der Waals surface area contributed by atoms with Crippen molar-refractivity contribution in [2.75, 3.05) is 17.2 Å². The summed E-state index contributed by atoms with van der Waals surface area (Å²) in [6, 6.07) is 19.1. The Labute approximate surface area is 165 Å². The van der Waals surface area contributed by atoms with Crippen molar-refractivity contribution in [2.24, 2.45) is 0 Å². The van der Waals surface area contributed by atoms with E-state index in [-0.39, 0.29) is 5.91 Å². The number of aromatic nitrogens is 1. The van der Waals surface area contributed by atoms with Gasteiger partial charge in [-0.1, -0.05) is 38.1 Å². The molecule has 2 aromatic carbocycles. The fourth-order valence-electron chi connectivity index (χ4n) is 2.76. The first kappa shape index (κ1) is 19.4. The first-order valence-corrected chi connectivity index (χ1v) is 9.43. The number of ether oxygens (including phenoxy) is 1. The quantitative estimate of drug-likeness (QED) is 0.564. The van der Waals surface area contributed by atoms with Gasteiger partial charge < -0.3 is 15.4 Å². The molecule has 3 rings (SSSR count). The number of para-hydroxylation sites is 2. The standard InChI is InChI=1S/C23H25N3O2/c1-4-28-22-8-6-5-7-20(22)25-19-13-14-21(24-15-19)23(27)26-18-11-9-17(10-12-18)16(2)3/h5-16,25H,4H2,1-3H3,(H,26,27). The third-order valence-corrected chi connectivity index (χ3v) is 4.30. The Morgan fingerprint density at radius 2 is 1.71 bits per heavy atom. The van der Waals surface area contributed by atoms with Crippen molar-refractivity contribution in [1.82, 2.24) is 4.98 Å². The number of carbonyl (C=O) groups is 1. The van der Waals surface area contributed by atoms with Crippen LogP contribution in [-0.2, 0) is 0 Å². The highest BCUT2D eigenvalue weighted by Crippen LogP contribution is 2.27. The highest BCUT2D eigenvalue weighted by atomic mass is 16.5. The molecule has 0 atom stereocenters. The van der Waals surface area contributed by atoms with E-state index in [0.29, 0.717) is 18.2 Å². The van der Waals surface area contributed by atoms with Crippen molar-refractivity contribution < 1.29 is 9.53 Å². The molecule has 0 unspecified atom stereocenters. The maximum atomic E-state index is 12.4. The zero-order chi connectivity index (χ0) is 19.9. The molecule has 1 amide bonds. The molecule has 1 aromatic heterocycles. The van der Waals surface area contributed by atoms with Crippen LogP contribution in [0.25, 0.3) is 0 Å². The van der Waals surface area contributed by atoms with E-state index in [1.165, 1.54) is 5.56 Å². The summed E-state index contributed by atoms with van der Waals surface area (Å²) in [4.78, 5) is 16.7. The second-order valence-corrected chi connectivity index (χ2v) is 6.72. The Morgan fingerprint density at radius 1 is 1.00 bits per heavy atom. The topological polar surface area (TPSA) is 63.2 Å². The maximum absolute atomic E-state index is 12.4. The molecule has 3 aromatic rings. The first-order valence-electron chi connectivity index (χ1n) is 9.43. The number of benzene rings is 2. The molecule has 5 nitrogen and oxygen atoms in total. The van der Waals surface area contributed by atoms with Crippen LogP contribution >= 0.6 is 0 Å². The number of nitrogens with one attached hydrogen (secondary N) is 2.